The van der Waals surface area contributed by atoms with Gasteiger partial charge in [-0.15, -0.1) is 0 Å². The van der Waals surface area contributed by atoms with Gasteiger partial charge in [0.2, 0.25) is 5.91 Å². The average Bonchev–Trinajstić information content (AvgIpc) is 2.41. The highest BCUT2D eigenvalue weighted by Gasteiger charge is 2.29. The van der Waals surface area contributed by atoms with Crippen LogP contribution >= 0.6 is 0 Å². The maximum absolute atomic E-state index is 12.2. The van der Waals surface area contributed by atoms with E-state index in [9.17, 15) is 9.59 Å². The van der Waals surface area contributed by atoms with Crippen LogP contribution in [0.15, 0.2) is 0 Å². The molecule has 1 amide bonds. The zero-order valence-electron chi connectivity index (χ0n) is 11.4. The summed E-state index contributed by atoms with van der Waals surface area (Å²) in [5, 5.41) is 8.93. The largest absolute Gasteiger partial charge is 0.481 e. The molecule has 19 heavy (non-hydrogen) atoms. The first-order chi connectivity index (χ1) is 9.08. The van der Waals surface area contributed by atoms with Crippen LogP contribution in [0.5, 0.6) is 0 Å². The normalized spacial score (nSPS) is 26.4. The second-order valence-corrected chi connectivity index (χ2v) is 5.39. The molecular weight excluding hydrogens is 248 g/mol. The predicted octanol–water partition coefficient (Wildman–Crippen LogP) is 0.0303. The van der Waals surface area contributed by atoms with Gasteiger partial charge in [0.15, 0.2) is 0 Å². The molecule has 1 atom stereocenters. The third-order valence-electron chi connectivity index (χ3n) is 4.04. The molecule has 2 aliphatic heterocycles. The lowest BCUT2D eigenvalue weighted by molar-refractivity contribution is -0.146. The standard InChI is InChI=1S/C13H22N2O4/c1-10-9-19-7-6-15(10)8-12(16)14-4-2-11(3-5-14)13(17)18/h10-11H,2-9H2,1H3,(H,17,18). The number of amides is 1. The van der Waals surface area contributed by atoms with Crippen molar-refractivity contribution in [2.24, 2.45) is 5.92 Å². The van der Waals surface area contributed by atoms with E-state index in [4.69, 9.17) is 9.84 Å². The second-order valence-electron chi connectivity index (χ2n) is 5.39. The van der Waals surface area contributed by atoms with Crippen LogP contribution in [0.1, 0.15) is 19.8 Å². The Morgan fingerprint density at radius 1 is 1.26 bits per heavy atom. The van der Waals surface area contributed by atoms with Crippen molar-refractivity contribution in [1.29, 1.82) is 0 Å². The number of likely N-dealkylation sites (tertiary alicyclic amines) is 1. The third kappa shape index (κ3) is 3.67. The Kier molecular flexibility index (Phi) is 4.76. The van der Waals surface area contributed by atoms with Gasteiger partial charge in [0, 0.05) is 25.7 Å². The second kappa shape index (κ2) is 6.34. The van der Waals surface area contributed by atoms with Gasteiger partial charge in [-0.3, -0.25) is 14.5 Å². The van der Waals surface area contributed by atoms with E-state index in [1.807, 2.05) is 0 Å². The topological polar surface area (TPSA) is 70.1 Å². The summed E-state index contributed by atoms with van der Waals surface area (Å²) in [5.41, 5.74) is 0. The Balaban J connectivity index is 1.79. The number of aliphatic carboxylic acids is 1. The highest BCUT2D eigenvalue weighted by Crippen LogP contribution is 2.18. The zero-order valence-corrected chi connectivity index (χ0v) is 11.4. The van der Waals surface area contributed by atoms with Gasteiger partial charge in [-0.05, 0) is 19.8 Å². The summed E-state index contributed by atoms with van der Waals surface area (Å²) in [6.45, 7) is 5.75. The fraction of sp³-hybridized carbons (Fsp3) is 0.846. The van der Waals surface area contributed by atoms with E-state index in [0.717, 1.165) is 6.54 Å². The molecule has 0 bridgehead atoms. The van der Waals surface area contributed by atoms with Gasteiger partial charge in [0.1, 0.15) is 0 Å². The smallest absolute Gasteiger partial charge is 0.306 e. The van der Waals surface area contributed by atoms with Crippen molar-refractivity contribution >= 4 is 11.9 Å². The first-order valence-corrected chi connectivity index (χ1v) is 6.90. The lowest BCUT2D eigenvalue weighted by Gasteiger charge is -2.36. The summed E-state index contributed by atoms with van der Waals surface area (Å²) in [6.07, 6.45) is 1.14. The summed E-state index contributed by atoms with van der Waals surface area (Å²) < 4.78 is 5.35. The number of nitrogens with zero attached hydrogens (tertiary/aromatic N) is 2. The Bertz CT molecular complexity index is 340. The summed E-state index contributed by atoms with van der Waals surface area (Å²) >= 11 is 0. The number of carboxylic acid groups (broad SMARTS) is 1. The number of carboxylic acids is 1. The van der Waals surface area contributed by atoms with Crippen molar-refractivity contribution in [2.75, 3.05) is 39.4 Å². The molecule has 0 aliphatic carbocycles. The number of carbonyl (C=O) groups is 2. The van der Waals surface area contributed by atoms with Gasteiger partial charge in [-0.1, -0.05) is 0 Å². The number of hydrogen-bond donors (Lipinski definition) is 1. The zero-order chi connectivity index (χ0) is 13.8. The van der Waals surface area contributed by atoms with E-state index < -0.39 is 5.97 Å². The molecular formula is C13H22N2O4. The van der Waals surface area contributed by atoms with Crippen molar-refractivity contribution in [1.82, 2.24) is 9.80 Å². The molecule has 6 heteroatoms. The molecule has 0 spiro atoms. The molecule has 0 aromatic rings. The molecule has 0 radical (unpaired) electrons. The minimum Gasteiger partial charge on any atom is -0.481 e. The van der Waals surface area contributed by atoms with Crippen LogP contribution in [-0.4, -0.2) is 72.2 Å². The molecule has 2 saturated heterocycles. The lowest BCUT2D eigenvalue weighted by Crippen LogP contribution is -2.50. The van der Waals surface area contributed by atoms with Crippen LogP contribution in [-0.2, 0) is 14.3 Å². The molecule has 2 aliphatic rings. The number of ether oxygens (including phenoxy) is 1. The Morgan fingerprint density at radius 2 is 1.95 bits per heavy atom. The van der Waals surface area contributed by atoms with Crippen LogP contribution in [0.2, 0.25) is 0 Å². The predicted molar refractivity (Wildman–Crippen MR) is 68.8 cm³/mol. The van der Waals surface area contributed by atoms with Crippen LogP contribution in [0.25, 0.3) is 0 Å². The van der Waals surface area contributed by atoms with Gasteiger partial charge in [0.05, 0.1) is 25.7 Å². The van der Waals surface area contributed by atoms with E-state index in [1.54, 1.807) is 4.90 Å². The monoisotopic (exact) mass is 270 g/mol. The first kappa shape index (κ1) is 14.3. The fourth-order valence-corrected chi connectivity index (χ4v) is 2.65. The van der Waals surface area contributed by atoms with Crippen molar-refractivity contribution in [3.63, 3.8) is 0 Å². The summed E-state index contributed by atoms with van der Waals surface area (Å²) in [4.78, 5) is 27.0. The lowest BCUT2D eigenvalue weighted by atomic mass is 9.97. The molecule has 0 saturated carbocycles. The number of morpholine rings is 1. The van der Waals surface area contributed by atoms with Crippen LogP contribution < -0.4 is 0 Å². The molecule has 2 rings (SSSR count). The van der Waals surface area contributed by atoms with E-state index in [1.165, 1.54) is 0 Å². The molecule has 1 N–H and O–H groups in total. The molecule has 2 fully saturated rings. The van der Waals surface area contributed by atoms with Gasteiger partial charge < -0.3 is 14.7 Å². The fourth-order valence-electron chi connectivity index (χ4n) is 2.65. The summed E-state index contributed by atoms with van der Waals surface area (Å²) in [7, 11) is 0. The Labute approximate surface area is 113 Å². The third-order valence-corrected chi connectivity index (χ3v) is 4.04. The minimum absolute atomic E-state index is 0.109. The number of hydrogen-bond acceptors (Lipinski definition) is 4. The molecule has 2 heterocycles. The quantitative estimate of drug-likeness (QED) is 0.783. The highest BCUT2D eigenvalue weighted by molar-refractivity contribution is 5.79. The first-order valence-electron chi connectivity index (χ1n) is 6.90. The molecule has 0 aromatic carbocycles. The van der Waals surface area contributed by atoms with E-state index >= 15 is 0 Å². The van der Waals surface area contributed by atoms with E-state index in [-0.39, 0.29) is 17.9 Å². The van der Waals surface area contributed by atoms with Crippen LogP contribution in [0, 0.1) is 5.92 Å². The van der Waals surface area contributed by atoms with E-state index in [0.29, 0.717) is 45.7 Å². The highest BCUT2D eigenvalue weighted by atomic mass is 16.5. The number of piperidine rings is 1. The summed E-state index contributed by atoms with van der Waals surface area (Å²) in [6, 6.07) is 0.272. The molecule has 1 unspecified atom stereocenters. The van der Waals surface area contributed by atoms with E-state index in [2.05, 4.69) is 11.8 Å². The maximum atomic E-state index is 12.2. The van der Waals surface area contributed by atoms with Gasteiger partial charge >= 0.3 is 5.97 Å². The Morgan fingerprint density at radius 3 is 2.53 bits per heavy atom. The maximum Gasteiger partial charge on any atom is 0.306 e. The van der Waals surface area contributed by atoms with Gasteiger partial charge in [-0.25, -0.2) is 0 Å². The molecule has 0 aromatic heterocycles. The van der Waals surface area contributed by atoms with Crippen molar-refractivity contribution in [2.45, 2.75) is 25.8 Å². The Hall–Kier alpha value is -1.14. The van der Waals surface area contributed by atoms with Crippen LogP contribution in [0.4, 0.5) is 0 Å². The minimum atomic E-state index is -0.742. The number of carbonyl (C=O) groups excluding carboxylic acids is 1. The van der Waals surface area contributed by atoms with Gasteiger partial charge in [-0.2, -0.15) is 0 Å². The summed E-state index contributed by atoms with van der Waals surface area (Å²) in [5.74, 6) is -0.919. The van der Waals surface area contributed by atoms with Crippen molar-refractivity contribution < 1.29 is 19.4 Å². The van der Waals surface area contributed by atoms with Crippen molar-refractivity contribution in [3.05, 3.63) is 0 Å². The average molecular weight is 270 g/mol. The molecule has 108 valence electrons. The van der Waals surface area contributed by atoms with Gasteiger partial charge in [0.25, 0.3) is 0 Å². The van der Waals surface area contributed by atoms with Crippen molar-refractivity contribution in [3.8, 4) is 0 Å². The van der Waals surface area contributed by atoms with Crippen LogP contribution in [0.3, 0.4) is 0 Å². The number of rotatable bonds is 3. The SMILES string of the molecule is CC1COCCN1CC(=O)N1CCC(C(=O)O)CC1. The molecule has 6 nitrogen and oxygen atoms in total.